The molecule has 1 amide bonds. The van der Waals surface area contributed by atoms with Crippen LogP contribution in [0.4, 0.5) is 5.13 Å². The van der Waals surface area contributed by atoms with E-state index in [9.17, 15) is 4.79 Å². The first-order valence-electron chi connectivity index (χ1n) is 4.80. The van der Waals surface area contributed by atoms with E-state index in [1.54, 1.807) is 6.07 Å². The van der Waals surface area contributed by atoms with E-state index in [-0.39, 0.29) is 11.8 Å². The number of aromatic nitrogens is 2. The van der Waals surface area contributed by atoms with Gasteiger partial charge in [-0.25, -0.2) is 0 Å². The van der Waals surface area contributed by atoms with Crippen molar-refractivity contribution in [2.24, 2.45) is 0 Å². The summed E-state index contributed by atoms with van der Waals surface area (Å²) in [6.45, 7) is 0. The monoisotopic (exact) mass is 319 g/mol. The third kappa shape index (κ3) is 3.58. The molecule has 4 nitrogen and oxygen atoms in total. The van der Waals surface area contributed by atoms with Gasteiger partial charge in [0.2, 0.25) is 11.0 Å². The van der Waals surface area contributed by atoms with Crippen LogP contribution < -0.4 is 5.32 Å². The largest absolute Gasteiger partial charge is 0.299 e. The second-order valence-electron chi connectivity index (χ2n) is 3.09. The van der Waals surface area contributed by atoms with Crippen LogP contribution in [-0.2, 0) is 4.79 Å². The van der Waals surface area contributed by atoms with Crippen LogP contribution in [0.1, 0.15) is 0 Å². The standard InChI is InChI=1S/C10H7Cl2N3OS2/c11-5-8(16)13-9-14-15-10(18-9)17-7-4-2-1-3-6(7)12/h1-4H,5H2,(H,13,14,16). The molecule has 1 aromatic carbocycles. The van der Waals surface area contributed by atoms with Crippen molar-refractivity contribution >= 4 is 57.3 Å². The van der Waals surface area contributed by atoms with Crippen LogP contribution in [0.2, 0.25) is 5.02 Å². The highest BCUT2D eigenvalue weighted by molar-refractivity contribution is 8.01. The van der Waals surface area contributed by atoms with Crippen LogP contribution in [0.15, 0.2) is 33.5 Å². The van der Waals surface area contributed by atoms with Gasteiger partial charge in [0.1, 0.15) is 5.88 Å². The molecule has 1 heterocycles. The summed E-state index contributed by atoms with van der Waals surface area (Å²) in [6, 6.07) is 7.45. The van der Waals surface area contributed by atoms with Crippen LogP contribution in [0.5, 0.6) is 0 Å². The number of nitrogens with one attached hydrogen (secondary N) is 1. The fraction of sp³-hybridized carbons (Fsp3) is 0.100. The molecule has 0 radical (unpaired) electrons. The molecule has 1 N–H and O–H groups in total. The van der Waals surface area contributed by atoms with Gasteiger partial charge in [0.25, 0.3) is 0 Å². The Bertz CT molecular complexity index is 562. The first kappa shape index (κ1) is 13.6. The molecular weight excluding hydrogens is 313 g/mol. The molecule has 0 aliphatic carbocycles. The molecule has 8 heteroatoms. The van der Waals surface area contributed by atoms with Crippen molar-refractivity contribution in [2.45, 2.75) is 9.24 Å². The van der Waals surface area contributed by atoms with Crippen molar-refractivity contribution in [1.29, 1.82) is 0 Å². The second-order valence-corrected chi connectivity index (χ2v) is 6.03. The second kappa shape index (κ2) is 6.38. The Morgan fingerprint density at radius 2 is 2.17 bits per heavy atom. The summed E-state index contributed by atoms with van der Waals surface area (Å²) in [5.74, 6) is -0.408. The number of rotatable bonds is 4. The van der Waals surface area contributed by atoms with Gasteiger partial charge in [-0.05, 0) is 12.1 Å². The molecule has 0 aliphatic rings. The Balaban J connectivity index is 2.07. The van der Waals surface area contributed by atoms with Crippen LogP contribution in [0.25, 0.3) is 0 Å². The topological polar surface area (TPSA) is 54.9 Å². The summed E-state index contributed by atoms with van der Waals surface area (Å²) in [6.07, 6.45) is 0. The van der Waals surface area contributed by atoms with E-state index in [1.165, 1.54) is 23.1 Å². The number of carbonyl (C=O) groups is 1. The van der Waals surface area contributed by atoms with Crippen LogP contribution in [0, 0.1) is 0 Å². The number of benzene rings is 1. The number of alkyl halides is 1. The van der Waals surface area contributed by atoms with Crippen molar-refractivity contribution in [2.75, 3.05) is 11.2 Å². The molecule has 0 bridgehead atoms. The third-order valence-corrected chi connectivity index (χ3v) is 4.46. The van der Waals surface area contributed by atoms with Gasteiger partial charge in [-0.2, -0.15) is 0 Å². The molecule has 2 aromatic rings. The van der Waals surface area contributed by atoms with Gasteiger partial charge in [0.15, 0.2) is 4.34 Å². The van der Waals surface area contributed by atoms with Gasteiger partial charge < -0.3 is 0 Å². The van der Waals surface area contributed by atoms with E-state index in [1.807, 2.05) is 18.2 Å². The van der Waals surface area contributed by atoms with Crippen molar-refractivity contribution < 1.29 is 4.79 Å². The molecule has 0 aliphatic heterocycles. The van der Waals surface area contributed by atoms with Gasteiger partial charge >= 0.3 is 0 Å². The number of anilines is 1. The number of amides is 1. The minimum Gasteiger partial charge on any atom is -0.299 e. The maximum Gasteiger partial charge on any atom is 0.241 e. The van der Waals surface area contributed by atoms with Gasteiger partial charge in [-0.3, -0.25) is 10.1 Å². The average Bonchev–Trinajstić information content (AvgIpc) is 2.79. The van der Waals surface area contributed by atoms with E-state index >= 15 is 0 Å². The minimum absolute atomic E-state index is 0.105. The fourth-order valence-corrected chi connectivity index (χ4v) is 3.14. The predicted octanol–water partition coefficient (Wildman–Crippen LogP) is 3.52. The Morgan fingerprint density at radius 1 is 1.39 bits per heavy atom. The van der Waals surface area contributed by atoms with Crippen molar-refractivity contribution in [3.05, 3.63) is 29.3 Å². The summed E-state index contributed by atoms with van der Waals surface area (Å²) in [7, 11) is 0. The normalized spacial score (nSPS) is 10.3. The molecule has 0 fully saturated rings. The molecule has 0 saturated heterocycles. The van der Waals surface area contributed by atoms with Crippen LogP contribution >= 0.6 is 46.3 Å². The SMILES string of the molecule is O=C(CCl)Nc1nnc(Sc2ccccc2Cl)s1. The number of hydrogen-bond acceptors (Lipinski definition) is 5. The van der Waals surface area contributed by atoms with Gasteiger partial charge in [-0.15, -0.1) is 21.8 Å². The fourth-order valence-electron chi connectivity index (χ4n) is 1.08. The number of nitrogens with zero attached hydrogens (tertiary/aromatic N) is 2. The van der Waals surface area contributed by atoms with Crippen LogP contribution in [0.3, 0.4) is 0 Å². The van der Waals surface area contributed by atoms with Gasteiger partial charge in [-0.1, -0.05) is 46.8 Å². The third-order valence-electron chi connectivity index (χ3n) is 1.81. The predicted molar refractivity (Wildman–Crippen MR) is 74.8 cm³/mol. The molecule has 0 unspecified atom stereocenters. The zero-order valence-corrected chi connectivity index (χ0v) is 12.0. The first-order valence-corrected chi connectivity index (χ1v) is 7.35. The van der Waals surface area contributed by atoms with Crippen molar-refractivity contribution in [1.82, 2.24) is 10.2 Å². The number of hydrogen-bond donors (Lipinski definition) is 1. The highest BCUT2D eigenvalue weighted by Crippen LogP contribution is 2.35. The lowest BCUT2D eigenvalue weighted by Gasteiger charge is -1.98. The lowest BCUT2D eigenvalue weighted by Crippen LogP contribution is -2.12. The minimum atomic E-state index is -0.304. The Labute approximate surface area is 122 Å². The molecule has 2 rings (SSSR count). The molecule has 0 atom stereocenters. The summed E-state index contributed by atoms with van der Waals surface area (Å²) >= 11 is 14.1. The van der Waals surface area contributed by atoms with Gasteiger partial charge in [0, 0.05) is 4.90 Å². The highest BCUT2D eigenvalue weighted by Gasteiger charge is 2.09. The lowest BCUT2D eigenvalue weighted by molar-refractivity contribution is -0.113. The van der Waals surface area contributed by atoms with E-state index in [2.05, 4.69) is 15.5 Å². The quantitative estimate of drug-likeness (QED) is 0.692. The Hall–Kier alpha value is -0.820. The smallest absolute Gasteiger partial charge is 0.241 e. The zero-order valence-electron chi connectivity index (χ0n) is 8.89. The number of halogens is 2. The molecule has 0 saturated carbocycles. The summed E-state index contributed by atoms with van der Waals surface area (Å²) in [5.41, 5.74) is 0. The highest BCUT2D eigenvalue weighted by atomic mass is 35.5. The number of carbonyl (C=O) groups excluding carboxylic acids is 1. The van der Waals surface area contributed by atoms with E-state index < -0.39 is 0 Å². The van der Waals surface area contributed by atoms with E-state index in [4.69, 9.17) is 23.2 Å². The van der Waals surface area contributed by atoms with Crippen molar-refractivity contribution in [3.8, 4) is 0 Å². The molecule has 94 valence electrons. The van der Waals surface area contributed by atoms with E-state index in [0.29, 0.717) is 14.5 Å². The summed E-state index contributed by atoms with van der Waals surface area (Å²) in [5, 5.41) is 11.4. The van der Waals surface area contributed by atoms with Crippen LogP contribution in [-0.4, -0.2) is 22.0 Å². The first-order chi connectivity index (χ1) is 8.69. The summed E-state index contributed by atoms with van der Waals surface area (Å²) in [4.78, 5) is 12.0. The molecular formula is C10H7Cl2N3OS2. The van der Waals surface area contributed by atoms with E-state index in [0.717, 1.165) is 4.90 Å². The maximum absolute atomic E-state index is 11.1. The molecule has 1 aromatic heterocycles. The Morgan fingerprint density at radius 3 is 2.89 bits per heavy atom. The van der Waals surface area contributed by atoms with Gasteiger partial charge in [0.05, 0.1) is 5.02 Å². The van der Waals surface area contributed by atoms with Crippen molar-refractivity contribution in [3.63, 3.8) is 0 Å². The summed E-state index contributed by atoms with van der Waals surface area (Å²) < 4.78 is 0.702. The molecule has 0 spiro atoms. The average molecular weight is 320 g/mol. The Kier molecular flexibility index (Phi) is 4.82. The maximum atomic E-state index is 11.1. The lowest BCUT2D eigenvalue weighted by atomic mass is 10.4. The molecule has 18 heavy (non-hydrogen) atoms. The zero-order chi connectivity index (χ0) is 13.0.